The maximum atomic E-state index is 14.7. The van der Waals surface area contributed by atoms with E-state index in [4.69, 9.17) is 0 Å². The van der Waals surface area contributed by atoms with E-state index in [0.717, 1.165) is 17.5 Å². The number of alkyl halides is 1. The number of likely N-dealkylation sites (tertiary alicyclic amines) is 1. The fourth-order valence-electron chi connectivity index (χ4n) is 7.09. The van der Waals surface area contributed by atoms with Crippen molar-refractivity contribution in [2.24, 2.45) is 11.8 Å². The summed E-state index contributed by atoms with van der Waals surface area (Å²) in [6.45, 7) is 12.7. The second-order valence-corrected chi connectivity index (χ2v) is 14.0. The molecule has 42 heavy (non-hydrogen) atoms. The van der Waals surface area contributed by atoms with E-state index in [0.29, 0.717) is 25.9 Å². The summed E-state index contributed by atoms with van der Waals surface area (Å²) in [7, 11) is 0. The fourth-order valence-corrected chi connectivity index (χ4v) is 10.7. The standard InChI is InChI=1S/C30H39BrN6O4S/c1-5-13-34(14-6-2)27(39)23-24-28(40)37(19(8-4)17-38)26(30(24)16-20(31)25(23)42-30)29(41)35(15-7-3)18-36-22-12-10-9-11-21(22)32-33-36/h5,7,9-12,19-20,23-26,38H,1,3,6,8,13-18H2,2,4H3/t19-,20?,23+,24-,25+,26?,30?/m0/s1. The summed E-state index contributed by atoms with van der Waals surface area (Å²) < 4.78 is 0.860. The number of aliphatic hydroxyl groups excluding tert-OH is 1. The van der Waals surface area contributed by atoms with Crippen molar-refractivity contribution in [2.45, 2.75) is 66.7 Å². The minimum Gasteiger partial charge on any atom is -0.394 e. The van der Waals surface area contributed by atoms with Crippen LogP contribution in [0.1, 0.15) is 33.1 Å². The largest absolute Gasteiger partial charge is 0.394 e. The molecule has 0 radical (unpaired) electrons. The van der Waals surface area contributed by atoms with Gasteiger partial charge in [-0.1, -0.05) is 59.3 Å². The maximum absolute atomic E-state index is 14.7. The molecule has 0 saturated carbocycles. The van der Waals surface area contributed by atoms with Crippen LogP contribution in [0.3, 0.4) is 0 Å². The Kier molecular flexibility index (Phi) is 9.15. The molecular weight excluding hydrogens is 620 g/mol. The normalized spacial score (nSPS) is 28.6. The van der Waals surface area contributed by atoms with E-state index < -0.39 is 28.7 Å². The lowest BCUT2D eigenvalue weighted by Gasteiger charge is -2.39. The lowest BCUT2D eigenvalue weighted by molar-refractivity contribution is -0.147. The van der Waals surface area contributed by atoms with Gasteiger partial charge in [0.25, 0.3) is 0 Å². The highest BCUT2D eigenvalue weighted by Crippen LogP contribution is 2.68. The van der Waals surface area contributed by atoms with Gasteiger partial charge in [-0.15, -0.1) is 30.0 Å². The molecule has 3 unspecified atom stereocenters. The van der Waals surface area contributed by atoms with Crippen LogP contribution in [0.2, 0.25) is 0 Å². The average Bonchev–Trinajstić information content (AvgIpc) is 3.70. The number of benzene rings is 1. The number of para-hydroxylation sites is 1. The molecule has 226 valence electrons. The topological polar surface area (TPSA) is 112 Å². The molecule has 10 nitrogen and oxygen atoms in total. The van der Waals surface area contributed by atoms with Gasteiger partial charge in [0, 0.05) is 29.7 Å². The van der Waals surface area contributed by atoms with Gasteiger partial charge in [-0.2, -0.15) is 0 Å². The van der Waals surface area contributed by atoms with E-state index in [1.807, 2.05) is 38.1 Å². The van der Waals surface area contributed by atoms with Crippen LogP contribution < -0.4 is 0 Å². The van der Waals surface area contributed by atoms with Crippen LogP contribution in [0.4, 0.5) is 0 Å². The summed E-state index contributed by atoms with van der Waals surface area (Å²) in [5.41, 5.74) is 1.51. The molecule has 2 bridgehead atoms. The number of halogens is 1. The van der Waals surface area contributed by atoms with Gasteiger partial charge in [-0.3, -0.25) is 14.4 Å². The highest BCUT2D eigenvalue weighted by molar-refractivity contribution is 9.09. The number of aromatic nitrogens is 3. The van der Waals surface area contributed by atoms with E-state index in [1.54, 1.807) is 43.3 Å². The Morgan fingerprint density at radius 1 is 1.21 bits per heavy atom. The van der Waals surface area contributed by atoms with Gasteiger partial charge in [-0.25, -0.2) is 4.68 Å². The zero-order valence-corrected chi connectivity index (χ0v) is 26.5. The van der Waals surface area contributed by atoms with Crippen LogP contribution in [0.5, 0.6) is 0 Å². The lowest BCUT2D eigenvalue weighted by atomic mass is 9.70. The molecule has 1 N–H and O–H groups in total. The molecule has 5 rings (SSSR count). The van der Waals surface area contributed by atoms with E-state index in [-0.39, 0.29) is 47.6 Å². The summed E-state index contributed by atoms with van der Waals surface area (Å²) in [5.74, 6) is -1.77. The maximum Gasteiger partial charge on any atom is 0.248 e. The Labute approximate surface area is 259 Å². The quantitative estimate of drug-likeness (QED) is 0.260. The zero-order valence-electron chi connectivity index (χ0n) is 24.1. The molecule has 1 aromatic carbocycles. The number of thioether (sulfide) groups is 1. The highest BCUT2D eigenvalue weighted by Gasteiger charge is 2.76. The zero-order chi connectivity index (χ0) is 30.2. The third-order valence-electron chi connectivity index (χ3n) is 8.86. The third-order valence-corrected chi connectivity index (χ3v) is 12.1. The number of hydrogen-bond donors (Lipinski definition) is 1. The Balaban J connectivity index is 1.57. The molecule has 3 amide bonds. The van der Waals surface area contributed by atoms with Gasteiger partial charge < -0.3 is 19.8 Å². The van der Waals surface area contributed by atoms with E-state index in [1.165, 1.54) is 0 Å². The number of carbonyl (C=O) groups excluding carboxylic acids is 3. The molecular formula is C30H39BrN6O4S. The van der Waals surface area contributed by atoms with E-state index in [9.17, 15) is 19.5 Å². The second-order valence-electron chi connectivity index (χ2n) is 11.3. The number of carbonyl (C=O) groups is 3. The molecule has 0 aliphatic carbocycles. The van der Waals surface area contributed by atoms with Gasteiger partial charge in [0.15, 0.2) is 0 Å². The van der Waals surface area contributed by atoms with Crippen molar-refractivity contribution in [1.29, 1.82) is 0 Å². The van der Waals surface area contributed by atoms with Crippen LogP contribution in [0, 0.1) is 11.8 Å². The molecule has 3 fully saturated rings. The number of aliphatic hydroxyl groups is 1. The first-order valence-electron chi connectivity index (χ1n) is 14.6. The van der Waals surface area contributed by atoms with Crippen LogP contribution in [0.15, 0.2) is 49.6 Å². The summed E-state index contributed by atoms with van der Waals surface area (Å²) in [6.07, 6.45) is 5.21. The second kappa shape index (κ2) is 12.5. The summed E-state index contributed by atoms with van der Waals surface area (Å²) in [4.78, 5) is 48.3. The molecule has 1 aromatic heterocycles. The smallest absolute Gasteiger partial charge is 0.248 e. The molecule has 4 heterocycles. The van der Waals surface area contributed by atoms with Crippen molar-refractivity contribution >= 4 is 56.4 Å². The molecule has 12 heteroatoms. The molecule has 1 spiro atoms. The van der Waals surface area contributed by atoms with Gasteiger partial charge >= 0.3 is 0 Å². The van der Waals surface area contributed by atoms with Crippen LogP contribution in [0.25, 0.3) is 11.0 Å². The third kappa shape index (κ3) is 4.89. The Morgan fingerprint density at radius 2 is 1.93 bits per heavy atom. The Hall–Kier alpha value is -2.70. The van der Waals surface area contributed by atoms with Crippen LogP contribution >= 0.6 is 27.7 Å². The average molecular weight is 660 g/mol. The summed E-state index contributed by atoms with van der Waals surface area (Å²) in [6, 6.07) is 6.14. The van der Waals surface area contributed by atoms with Gasteiger partial charge in [0.1, 0.15) is 18.2 Å². The molecule has 3 aliphatic heterocycles. The first-order chi connectivity index (χ1) is 20.3. The Morgan fingerprint density at radius 3 is 2.60 bits per heavy atom. The van der Waals surface area contributed by atoms with Crippen molar-refractivity contribution in [3.63, 3.8) is 0 Å². The minimum atomic E-state index is -0.853. The number of amides is 3. The number of nitrogens with zero attached hydrogens (tertiary/aromatic N) is 6. The summed E-state index contributed by atoms with van der Waals surface area (Å²) >= 11 is 5.44. The lowest BCUT2D eigenvalue weighted by Crippen LogP contribution is -2.58. The van der Waals surface area contributed by atoms with E-state index >= 15 is 0 Å². The first kappa shape index (κ1) is 30.7. The fraction of sp³-hybridized carbons (Fsp3) is 0.567. The molecule has 3 saturated heterocycles. The minimum absolute atomic E-state index is 0.0377. The predicted molar refractivity (Wildman–Crippen MR) is 167 cm³/mol. The molecule has 3 aliphatic rings. The summed E-state index contributed by atoms with van der Waals surface area (Å²) in [5, 5.41) is 18.8. The number of fused-ring (bicyclic) bond motifs is 2. The highest BCUT2D eigenvalue weighted by atomic mass is 79.9. The first-order valence-corrected chi connectivity index (χ1v) is 16.4. The van der Waals surface area contributed by atoms with Crippen molar-refractivity contribution in [1.82, 2.24) is 29.7 Å². The number of hydrogen-bond acceptors (Lipinski definition) is 7. The van der Waals surface area contributed by atoms with Crippen molar-refractivity contribution in [3.8, 4) is 0 Å². The van der Waals surface area contributed by atoms with Crippen molar-refractivity contribution in [3.05, 3.63) is 49.6 Å². The van der Waals surface area contributed by atoms with Gasteiger partial charge in [-0.05, 0) is 31.4 Å². The van der Waals surface area contributed by atoms with Crippen molar-refractivity contribution < 1.29 is 19.5 Å². The number of rotatable bonds is 13. The van der Waals surface area contributed by atoms with E-state index in [2.05, 4.69) is 39.4 Å². The van der Waals surface area contributed by atoms with Gasteiger partial charge in [0.05, 0.1) is 34.7 Å². The SMILES string of the molecule is C=CCN(Cn1nnc2ccccc21)C(=O)C1N([C@@H](CC)CO)C(=O)[C@@H]2[C@@H](C(=O)N(CC=C)CCC)[C@@H]3SC12CC3Br. The van der Waals surface area contributed by atoms with Crippen LogP contribution in [-0.2, 0) is 21.1 Å². The van der Waals surface area contributed by atoms with Crippen LogP contribution in [-0.4, -0.2) is 106 Å². The molecule has 2 aromatic rings. The van der Waals surface area contributed by atoms with Crippen molar-refractivity contribution in [2.75, 3.05) is 26.2 Å². The monoisotopic (exact) mass is 658 g/mol. The molecule has 7 atom stereocenters. The van der Waals surface area contributed by atoms with Gasteiger partial charge in [0.2, 0.25) is 17.7 Å². The Bertz CT molecular complexity index is 1370. The predicted octanol–water partition coefficient (Wildman–Crippen LogP) is 3.06.